The number of nitrogens with zero attached hydrogens (tertiary/aromatic N) is 4. The number of aliphatic imine (C=N–C) groups is 1. The Balaban J connectivity index is 1.15. The molecule has 0 bridgehead atoms. The predicted molar refractivity (Wildman–Crippen MR) is 130 cm³/mol. The van der Waals surface area contributed by atoms with Gasteiger partial charge in [0.15, 0.2) is 5.78 Å². The molecule has 1 saturated heterocycles. The van der Waals surface area contributed by atoms with Gasteiger partial charge in [-0.3, -0.25) is 19.3 Å². The molecule has 8 heteroatoms. The molecule has 0 aromatic heterocycles. The molecule has 178 valence electrons. The van der Waals surface area contributed by atoms with Gasteiger partial charge in [0.1, 0.15) is 0 Å². The summed E-state index contributed by atoms with van der Waals surface area (Å²) in [5.41, 5.74) is 2.27. The van der Waals surface area contributed by atoms with Crippen molar-refractivity contribution in [3.8, 4) is 0 Å². The van der Waals surface area contributed by atoms with E-state index in [4.69, 9.17) is 0 Å². The second-order valence-corrected chi connectivity index (χ2v) is 8.81. The molecule has 0 spiro atoms. The fourth-order valence-corrected chi connectivity index (χ4v) is 4.49. The summed E-state index contributed by atoms with van der Waals surface area (Å²) in [4.78, 5) is 58.2. The maximum atomic E-state index is 12.6. The SMILES string of the molecule is CC(=O)c1ccc(N2CCN(C(=O)CCCCCN3C(=O)N=C4C=CC=CC4C3=O)CC2)cc1. The Morgan fingerprint density at radius 3 is 2.41 bits per heavy atom. The average molecular weight is 463 g/mol. The Morgan fingerprint density at radius 1 is 0.971 bits per heavy atom. The lowest BCUT2D eigenvalue weighted by Crippen LogP contribution is -2.48. The van der Waals surface area contributed by atoms with Crippen LogP contribution >= 0.6 is 0 Å². The number of unbranched alkanes of at least 4 members (excludes halogenated alkanes) is 2. The number of Topliss-reactive ketones (excluding diaryl/α,β-unsaturated/α-hetero) is 1. The molecule has 1 aromatic carbocycles. The molecular formula is C26H30N4O4. The minimum absolute atomic E-state index is 0.0533. The molecule has 0 radical (unpaired) electrons. The minimum atomic E-state index is -0.499. The summed E-state index contributed by atoms with van der Waals surface area (Å²) in [6.07, 6.45) is 9.65. The van der Waals surface area contributed by atoms with Gasteiger partial charge in [0, 0.05) is 50.4 Å². The number of fused-ring (bicyclic) bond motifs is 1. The van der Waals surface area contributed by atoms with E-state index in [0.29, 0.717) is 43.8 Å². The number of carbonyl (C=O) groups excluding carboxylic acids is 4. The number of anilines is 1. The number of urea groups is 1. The third-order valence-corrected chi connectivity index (χ3v) is 6.53. The van der Waals surface area contributed by atoms with Crippen molar-refractivity contribution < 1.29 is 19.2 Å². The average Bonchev–Trinajstić information content (AvgIpc) is 2.85. The number of amides is 4. The summed E-state index contributed by atoms with van der Waals surface area (Å²) < 4.78 is 0. The molecule has 2 aliphatic heterocycles. The smallest absolute Gasteiger partial charge is 0.350 e. The van der Waals surface area contributed by atoms with E-state index in [9.17, 15) is 19.2 Å². The zero-order valence-corrected chi connectivity index (χ0v) is 19.5. The van der Waals surface area contributed by atoms with Gasteiger partial charge in [-0.15, -0.1) is 0 Å². The van der Waals surface area contributed by atoms with Crippen LogP contribution in [0, 0.1) is 5.92 Å². The number of hydrogen-bond donors (Lipinski definition) is 0. The number of carbonyl (C=O) groups is 4. The number of allylic oxidation sites excluding steroid dienone is 3. The Kier molecular flexibility index (Phi) is 7.35. The van der Waals surface area contributed by atoms with Crippen molar-refractivity contribution >= 4 is 35.0 Å². The van der Waals surface area contributed by atoms with Crippen molar-refractivity contribution in [3.63, 3.8) is 0 Å². The van der Waals surface area contributed by atoms with Crippen LogP contribution in [0.5, 0.6) is 0 Å². The molecule has 1 aliphatic carbocycles. The number of imide groups is 1. The number of ketones is 1. The monoisotopic (exact) mass is 462 g/mol. The van der Waals surface area contributed by atoms with E-state index in [1.54, 1.807) is 31.2 Å². The van der Waals surface area contributed by atoms with Crippen LogP contribution in [0.2, 0.25) is 0 Å². The molecule has 2 heterocycles. The highest BCUT2D eigenvalue weighted by molar-refractivity contribution is 6.21. The van der Waals surface area contributed by atoms with Crippen molar-refractivity contribution in [3.05, 3.63) is 54.1 Å². The highest BCUT2D eigenvalue weighted by Crippen LogP contribution is 2.21. The van der Waals surface area contributed by atoms with Gasteiger partial charge in [-0.25, -0.2) is 4.79 Å². The van der Waals surface area contributed by atoms with Crippen molar-refractivity contribution in [2.75, 3.05) is 37.6 Å². The van der Waals surface area contributed by atoms with Crippen LogP contribution in [-0.2, 0) is 9.59 Å². The molecule has 1 aromatic rings. The van der Waals surface area contributed by atoms with Crippen molar-refractivity contribution in [1.82, 2.24) is 9.80 Å². The molecule has 0 N–H and O–H groups in total. The van der Waals surface area contributed by atoms with Crippen molar-refractivity contribution in [1.29, 1.82) is 0 Å². The molecule has 0 saturated carbocycles. The topological polar surface area (TPSA) is 90.4 Å². The van der Waals surface area contributed by atoms with Gasteiger partial charge in [-0.05, 0) is 50.1 Å². The van der Waals surface area contributed by atoms with Crippen LogP contribution < -0.4 is 4.90 Å². The second-order valence-electron chi connectivity index (χ2n) is 8.81. The molecule has 1 fully saturated rings. The summed E-state index contributed by atoms with van der Waals surface area (Å²) in [7, 11) is 0. The fraction of sp³-hybridized carbons (Fsp3) is 0.423. The summed E-state index contributed by atoms with van der Waals surface area (Å²) in [6, 6.07) is 7.10. The third kappa shape index (κ3) is 5.32. The Bertz CT molecular complexity index is 1050. The van der Waals surface area contributed by atoms with Crippen LogP contribution in [0.3, 0.4) is 0 Å². The Labute approximate surface area is 199 Å². The highest BCUT2D eigenvalue weighted by atomic mass is 16.2. The van der Waals surface area contributed by atoms with E-state index >= 15 is 0 Å². The predicted octanol–water partition coefficient (Wildman–Crippen LogP) is 3.24. The number of rotatable bonds is 8. The van der Waals surface area contributed by atoms with Gasteiger partial charge in [-0.2, -0.15) is 4.99 Å². The molecule has 8 nitrogen and oxygen atoms in total. The van der Waals surface area contributed by atoms with E-state index in [1.165, 1.54) is 4.90 Å². The normalized spacial score (nSPS) is 19.9. The van der Waals surface area contributed by atoms with E-state index in [1.807, 2.05) is 29.2 Å². The first-order valence-electron chi connectivity index (χ1n) is 11.9. The molecule has 3 aliphatic rings. The Morgan fingerprint density at radius 2 is 1.71 bits per heavy atom. The van der Waals surface area contributed by atoms with Crippen LogP contribution in [0.15, 0.2) is 53.6 Å². The van der Waals surface area contributed by atoms with Gasteiger partial charge in [0.25, 0.3) is 0 Å². The molecule has 1 unspecified atom stereocenters. The largest absolute Gasteiger partial charge is 0.368 e. The molecular weight excluding hydrogens is 432 g/mol. The number of piperazine rings is 1. The maximum Gasteiger partial charge on any atom is 0.350 e. The van der Waals surface area contributed by atoms with E-state index in [-0.39, 0.29) is 17.6 Å². The second kappa shape index (κ2) is 10.6. The van der Waals surface area contributed by atoms with Crippen LogP contribution in [0.1, 0.15) is 43.0 Å². The lowest BCUT2D eigenvalue weighted by atomic mass is 9.95. The zero-order valence-electron chi connectivity index (χ0n) is 19.5. The minimum Gasteiger partial charge on any atom is -0.368 e. The lowest BCUT2D eigenvalue weighted by Gasteiger charge is -2.36. The van der Waals surface area contributed by atoms with Gasteiger partial charge in [-0.1, -0.05) is 24.6 Å². The standard InChI is InChI=1S/C26H30N4O4/c1-19(31)20-10-12-21(13-11-20)28-15-17-29(18-16-28)24(32)9-3-2-6-14-30-25(33)22-7-4-5-8-23(22)27-26(30)34/h4-5,7-8,10-13,22H,2-3,6,9,14-18H2,1H3. The Hall–Kier alpha value is -3.55. The van der Waals surface area contributed by atoms with Crippen LogP contribution in [0.4, 0.5) is 10.5 Å². The maximum absolute atomic E-state index is 12.6. The van der Waals surface area contributed by atoms with Gasteiger partial charge < -0.3 is 9.80 Å². The van der Waals surface area contributed by atoms with Crippen LogP contribution in [0.25, 0.3) is 0 Å². The quantitative estimate of drug-likeness (QED) is 0.437. The summed E-state index contributed by atoms with van der Waals surface area (Å²) in [6.45, 7) is 4.76. The van der Waals surface area contributed by atoms with E-state index in [0.717, 1.165) is 31.6 Å². The third-order valence-electron chi connectivity index (χ3n) is 6.53. The lowest BCUT2D eigenvalue weighted by molar-refractivity contribution is -0.132. The van der Waals surface area contributed by atoms with Crippen molar-refractivity contribution in [2.45, 2.75) is 32.6 Å². The summed E-state index contributed by atoms with van der Waals surface area (Å²) >= 11 is 0. The van der Waals surface area contributed by atoms with Crippen LogP contribution in [-0.4, -0.2) is 71.9 Å². The first-order valence-corrected chi connectivity index (χ1v) is 11.9. The van der Waals surface area contributed by atoms with Crippen molar-refractivity contribution in [2.24, 2.45) is 10.9 Å². The fourth-order valence-electron chi connectivity index (χ4n) is 4.49. The number of benzene rings is 1. The first kappa shape index (κ1) is 23.6. The van der Waals surface area contributed by atoms with E-state index < -0.39 is 11.9 Å². The number of hydrogen-bond acceptors (Lipinski definition) is 5. The highest BCUT2D eigenvalue weighted by Gasteiger charge is 2.35. The molecule has 4 rings (SSSR count). The summed E-state index contributed by atoms with van der Waals surface area (Å²) in [5, 5.41) is 0. The van der Waals surface area contributed by atoms with E-state index in [2.05, 4.69) is 9.89 Å². The molecule has 4 amide bonds. The molecule has 34 heavy (non-hydrogen) atoms. The van der Waals surface area contributed by atoms with Gasteiger partial charge in [0.2, 0.25) is 11.8 Å². The van der Waals surface area contributed by atoms with Gasteiger partial charge in [0.05, 0.1) is 11.6 Å². The summed E-state index contributed by atoms with van der Waals surface area (Å²) in [5.74, 6) is -0.488. The first-order chi connectivity index (χ1) is 16.4. The zero-order chi connectivity index (χ0) is 24.1. The van der Waals surface area contributed by atoms with Gasteiger partial charge >= 0.3 is 6.03 Å². The molecule has 1 atom stereocenters.